The first-order valence-corrected chi connectivity index (χ1v) is 9.76. The van der Waals surface area contributed by atoms with Gasteiger partial charge in [-0.25, -0.2) is 26.5 Å². The highest BCUT2D eigenvalue weighted by Crippen LogP contribution is 2.22. The van der Waals surface area contributed by atoms with Gasteiger partial charge in [0.2, 0.25) is 0 Å². The number of aromatic nitrogens is 2. The minimum absolute atomic E-state index is 0.00120. The van der Waals surface area contributed by atoms with Crippen molar-refractivity contribution in [2.45, 2.75) is 36.9 Å². The fraction of sp³-hybridized carbons (Fsp3) is 0.700. The number of alkyl halides is 6. The number of halogens is 6. The first-order chi connectivity index (χ1) is 11.7. The summed E-state index contributed by atoms with van der Waals surface area (Å²) in [5, 5.41) is 0. The predicted octanol–water partition coefficient (Wildman–Crippen LogP) is 1.04. The quantitative estimate of drug-likeness (QED) is 0.448. The van der Waals surface area contributed by atoms with Crippen molar-refractivity contribution in [2.24, 2.45) is 0 Å². The van der Waals surface area contributed by atoms with Crippen LogP contribution in [0.5, 0.6) is 0 Å². The maximum absolute atomic E-state index is 12.2. The summed E-state index contributed by atoms with van der Waals surface area (Å²) >= 11 is 0. The molecular weight excluding hydrogens is 418 g/mol. The van der Waals surface area contributed by atoms with Crippen LogP contribution < -0.4 is 9.44 Å². The van der Waals surface area contributed by atoms with Gasteiger partial charge >= 0.3 is 31.1 Å². The molecule has 0 amide bonds. The summed E-state index contributed by atoms with van der Waals surface area (Å²) in [7, 11) is -11.0. The number of hydrogen-bond donors (Lipinski definition) is 2. The van der Waals surface area contributed by atoms with E-state index in [0.29, 0.717) is 0 Å². The van der Waals surface area contributed by atoms with E-state index >= 15 is 0 Å². The zero-order chi connectivity index (χ0) is 20.2. The highest BCUT2D eigenvalue weighted by molar-refractivity contribution is 7.90. The van der Waals surface area contributed by atoms with Gasteiger partial charge in [0.05, 0.1) is 6.54 Å². The van der Waals surface area contributed by atoms with Gasteiger partial charge < -0.3 is 4.57 Å². The molecule has 0 fully saturated rings. The van der Waals surface area contributed by atoms with Crippen molar-refractivity contribution < 1.29 is 43.2 Å². The number of nitrogens with zero attached hydrogens (tertiary/aromatic N) is 2. The van der Waals surface area contributed by atoms with Crippen LogP contribution in [0.25, 0.3) is 0 Å². The van der Waals surface area contributed by atoms with E-state index in [-0.39, 0.29) is 25.2 Å². The Morgan fingerprint density at radius 3 is 2.00 bits per heavy atom. The third-order valence-electron chi connectivity index (χ3n) is 2.95. The van der Waals surface area contributed by atoms with Crippen LogP contribution in [0.4, 0.5) is 26.3 Å². The summed E-state index contributed by atoms with van der Waals surface area (Å²) in [6, 6.07) is 0. The second-order valence-electron chi connectivity index (χ2n) is 4.86. The predicted molar refractivity (Wildman–Crippen MR) is 76.3 cm³/mol. The number of nitrogens with one attached hydrogen (secondary N) is 2. The Hall–Kier alpha value is -1.39. The van der Waals surface area contributed by atoms with Gasteiger partial charge in [0.1, 0.15) is 5.82 Å². The molecule has 0 aromatic carbocycles. The molecule has 0 bridgehead atoms. The summed E-state index contributed by atoms with van der Waals surface area (Å²) in [4.78, 5) is 3.68. The SMILES string of the molecule is O=S(=O)(NCCCCn1ccnc1CNS(=O)(=O)C(F)(F)F)C(F)(F)F. The van der Waals surface area contributed by atoms with Crippen molar-refractivity contribution in [3.8, 4) is 0 Å². The Morgan fingerprint density at radius 2 is 1.46 bits per heavy atom. The van der Waals surface area contributed by atoms with Crippen LogP contribution in [-0.4, -0.2) is 43.9 Å². The molecule has 1 aromatic heterocycles. The highest BCUT2D eigenvalue weighted by atomic mass is 32.2. The van der Waals surface area contributed by atoms with Gasteiger partial charge in [0.15, 0.2) is 0 Å². The van der Waals surface area contributed by atoms with Gasteiger partial charge in [-0.1, -0.05) is 0 Å². The van der Waals surface area contributed by atoms with Crippen molar-refractivity contribution in [1.29, 1.82) is 0 Å². The summed E-state index contributed by atoms with van der Waals surface area (Å²) in [5.41, 5.74) is -10.9. The molecule has 0 saturated heterocycles. The first kappa shape index (κ1) is 22.7. The lowest BCUT2D eigenvalue weighted by atomic mass is 10.3. The lowest BCUT2D eigenvalue weighted by Gasteiger charge is -2.11. The van der Waals surface area contributed by atoms with Gasteiger partial charge in [-0.05, 0) is 12.8 Å². The Morgan fingerprint density at radius 1 is 0.923 bits per heavy atom. The molecule has 0 aliphatic heterocycles. The second-order valence-corrected chi connectivity index (χ2v) is 8.37. The number of unbranched alkanes of at least 4 members (excludes halogenated alkanes) is 1. The van der Waals surface area contributed by atoms with Gasteiger partial charge in [0, 0.05) is 25.5 Å². The monoisotopic (exact) mass is 432 g/mol. The fourth-order valence-electron chi connectivity index (χ4n) is 1.65. The van der Waals surface area contributed by atoms with Crippen LogP contribution in [-0.2, 0) is 33.1 Å². The number of hydrogen-bond acceptors (Lipinski definition) is 5. The molecule has 1 heterocycles. The molecule has 0 unspecified atom stereocenters. The lowest BCUT2D eigenvalue weighted by molar-refractivity contribution is -0.0453. The molecule has 8 nitrogen and oxygen atoms in total. The number of rotatable bonds is 9. The maximum Gasteiger partial charge on any atom is 0.511 e. The molecule has 0 aliphatic rings. The van der Waals surface area contributed by atoms with Crippen LogP contribution >= 0.6 is 0 Å². The van der Waals surface area contributed by atoms with E-state index in [4.69, 9.17) is 0 Å². The molecule has 1 aromatic rings. The molecule has 152 valence electrons. The van der Waals surface area contributed by atoms with Crippen LogP contribution in [0.1, 0.15) is 18.7 Å². The fourth-order valence-corrected chi connectivity index (χ4v) is 2.71. The maximum atomic E-state index is 12.2. The first-order valence-electron chi connectivity index (χ1n) is 6.79. The Labute approximate surface area is 144 Å². The summed E-state index contributed by atoms with van der Waals surface area (Å²) in [5.74, 6) is -0.0475. The van der Waals surface area contributed by atoms with Crippen molar-refractivity contribution in [3.63, 3.8) is 0 Å². The van der Waals surface area contributed by atoms with Crippen molar-refractivity contribution >= 4 is 20.0 Å². The van der Waals surface area contributed by atoms with Crippen LogP contribution in [0, 0.1) is 0 Å². The standard InChI is InChI=1S/C10H14F6N4O4S2/c11-9(12,13)25(21,22)18-3-1-2-5-20-6-4-17-8(20)7-19-26(23,24)10(14,15)16/h4,6,18-19H,1-3,5,7H2. The molecule has 1 rings (SSSR count). The van der Waals surface area contributed by atoms with E-state index in [1.54, 1.807) is 0 Å². The average Bonchev–Trinajstić information content (AvgIpc) is 2.90. The van der Waals surface area contributed by atoms with Crippen LogP contribution in [0.3, 0.4) is 0 Å². The molecule has 0 saturated carbocycles. The Bertz CT molecular complexity index is 800. The largest absolute Gasteiger partial charge is 0.511 e. The lowest BCUT2D eigenvalue weighted by Crippen LogP contribution is -2.37. The van der Waals surface area contributed by atoms with E-state index in [9.17, 15) is 43.2 Å². The molecule has 26 heavy (non-hydrogen) atoms. The van der Waals surface area contributed by atoms with E-state index in [1.807, 2.05) is 0 Å². The van der Waals surface area contributed by atoms with Gasteiger partial charge in [-0.2, -0.15) is 31.1 Å². The van der Waals surface area contributed by atoms with E-state index < -0.39 is 44.2 Å². The minimum atomic E-state index is -5.54. The molecule has 0 aliphatic carbocycles. The number of sulfonamides is 2. The molecule has 16 heteroatoms. The van der Waals surface area contributed by atoms with E-state index in [1.165, 1.54) is 26.4 Å². The normalized spacial score (nSPS) is 13.9. The summed E-state index contributed by atoms with van der Waals surface area (Å²) < 4.78 is 120. The zero-order valence-electron chi connectivity index (χ0n) is 12.8. The van der Waals surface area contributed by atoms with E-state index in [2.05, 4.69) is 4.98 Å². The van der Waals surface area contributed by atoms with Gasteiger partial charge in [0.25, 0.3) is 0 Å². The number of imidazole rings is 1. The van der Waals surface area contributed by atoms with Crippen molar-refractivity contribution in [3.05, 3.63) is 18.2 Å². The highest BCUT2D eigenvalue weighted by Gasteiger charge is 2.46. The van der Waals surface area contributed by atoms with Gasteiger partial charge in [-0.3, -0.25) is 0 Å². The molecule has 0 atom stereocenters. The average molecular weight is 432 g/mol. The third-order valence-corrected chi connectivity index (χ3v) is 5.28. The van der Waals surface area contributed by atoms with Gasteiger partial charge in [-0.15, -0.1) is 0 Å². The molecule has 2 N–H and O–H groups in total. The third kappa shape index (κ3) is 6.10. The van der Waals surface area contributed by atoms with Crippen molar-refractivity contribution in [1.82, 2.24) is 19.0 Å². The summed E-state index contributed by atoms with van der Waals surface area (Å²) in [6.45, 7) is -1.15. The summed E-state index contributed by atoms with van der Waals surface area (Å²) in [6.07, 6.45) is 2.69. The smallest absolute Gasteiger partial charge is 0.334 e. The number of aryl methyl sites for hydroxylation is 1. The zero-order valence-corrected chi connectivity index (χ0v) is 14.4. The van der Waals surface area contributed by atoms with Crippen LogP contribution in [0.15, 0.2) is 12.4 Å². The van der Waals surface area contributed by atoms with Crippen LogP contribution in [0.2, 0.25) is 0 Å². The van der Waals surface area contributed by atoms with Crippen molar-refractivity contribution in [2.75, 3.05) is 6.54 Å². The Kier molecular flexibility index (Phi) is 7.05. The Balaban J connectivity index is 2.49. The molecule has 0 radical (unpaired) electrons. The minimum Gasteiger partial charge on any atom is -0.334 e. The molecule has 0 spiro atoms. The second kappa shape index (κ2) is 8.10. The van der Waals surface area contributed by atoms with E-state index in [0.717, 1.165) is 0 Å². The topological polar surface area (TPSA) is 110 Å². The molecular formula is C10H14F6N4O4S2.